The zero-order valence-corrected chi connectivity index (χ0v) is 17.3. The molecule has 0 radical (unpaired) electrons. The summed E-state index contributed by atoms with van der Waals surface area (Å²) in [6.45, 7) is 6.18. The number of carbonyl (C=O) groups excluding carboxylic acids is 2. The van der Waals surface area contributed by atoms with Crippen LogP contribution in [0.3, 0.4) is 0 Å². The maximum atomic E-state index is 13.7. The fourth-order valence-corrected chi connectivity index (χ4v) is 4.94. The number of nitrogens with one attached hydrogen (secondary N) is 1. The Morgan fingerprint density at radius 1 is 1.31 bits per heavy atom. The molecule has 3 heterocycles. The highest BCUT2D eigenvalue weighted by atomic mass is 16.9. The lowest BCUT2D eigenvalue weighted by atomic mass is 9.95. The number of amides is 2. The molecule has 166 valence electrons. The van der Waals surface area contributed by atoms with E-state index in [4.69, 9.17) is 25.4 Å². The van der Waals surface area contributed by atoms with Crippen molar-refractivity contribution in [2.45, 2.75) is 76.0 Å². The van der Waals surface area contributed by atoms with Crippen LogP contribution in [0.25, 0.3) is 0 Å². The summed E-state index contributed by atoms with van der Waals surface area (Å²) in [5.74, 6) is 1.47. The van der Waals surface area contributed by atoms with Crippen LogP contribution in [0.5, 0.6) is 0 Å². The summed E-state index contributed by atoms with van der Waals surface area (Å²) in [6.07, 6.45) is 8.67. The van der Waals surface area contributed by atoms with Crippen LogP contribution in [0.1, 0.15) is 50.7 Å². The van der Waals surface area contributed by atoms with E-state index < -0.39 is 29.6 Å². The number of hydrogen-bond acceptors (Lipinski definition) is 6. The monoisotopic (exact) mass is 412 g/mol. The molecular weight excluding hydrogens is 376 g/mol. The summed E-state index contributed by atoms with van der Waals surface area (Å²) < 4.78 is 22.7. The van der Waals surface area contributed by atoms with Gasteiger partial charge in [0.1, 0.15) is 24.3 Å². The summed E-state index contributed by atoms with van der Waals surface area (Å²) in [6, 6.07) is -1.07. The fourth-order valence-electron chi connectivity index (χ4n) is 4.94. The van der Waals surface area contributed by atoms with E-state index in [2.05, 4.69) is 11.2 Å². The second-order valence-electron chi connectivity index (χ2n) is 9.37. The van der Waals surface area contributed by atoms with Gasteiger partial charge in [0.2, 0.25) is 11.7 Å². The van der Waals surface area contributed by atoms with Gasteiger partial charge in [-0.2, -0.15) is 0 Å². The Kier molecular flexibility index (Phi) is 5.26. The van der Waals surface area contributed by atoms with Crippen LogP contribution in [0.4, 0.5) is 4.79 Å². The highest BCUT2D eigenvalue weighted by molar-refractivity contribution is 5.87. The van der Waals surface area contributed by atoms with Crippen molar-refractivity contribution in [1.82, 2.24) is 10.2 Å². The van der Waals surface area contributed by atoms with Crippen LogP contribution >= 0.6 is 0 Å². The van der Waals surface area contributed by atoms with Gasteiger partial charge in [0.15, 0.2) is 6.79 Å². The molecule has 3 aliphatic heterocycles. The van der Waals surface area contributed by atoms with E-state index in [-0.39, 0.29) is 41.5 Å². The number of rotatable bonds is 3. The second kappa shape index (κ2) is 7.46. The third-order valence-electron chi connectivity index (χ3n) is 6.28. The fraction of sp³-hybridized carbons (Fsp3) is 0.810. The second-order valence-corrected chi connectivity index (χ2v) is 9.37. The van der Waals surface area contributed by atoms with Gasteiger partial charge in [-0.25, -0.2) is 4.79 Å². The molecule has 4 rings (SSSR count). The van der Waals surface area contributed by atoms with E-state index in [1.807, 2.05) is 0 Å². The van der Waals surface area contributed by atoms with E-state index in [1.54, 1.807) is 25.7 Å². The summed E-state index contributed by atoms with van der Waals surface area (Å²) in [5, 5.41) is 2.84. The quantitative estimate of drug-likeness (QED) is 0.716. The van der Waals surface area contributed by atoms with Gasteiger partial charge >= 0.3 is 6.09 Å². The molecule has 8 nitrogen and oxygen atoms in total. The zero-order chi connectivity index (χ0) is 20.8. The molecule has 2 unspecified atom stereocenters. The summed E-state index contributed by atoms with van der Waals surface area (Å²) in [5.41, 5.74) is -0.641. The summed E-state index contributed by atoms with van der Waals surface area (Å²) in [4.78, 5) is 27.9. The molecule has 0 aromatic heterocycles. The van der Waals surface area contributed by atoms with Crippen LogP contribution in [-0.4, -0.2) is 66.4 Å². The van der Waals surface area contributed by atoms with Crippen molar-refractivity contribution in [3.05, 3.63) is 0 Å². The van der Waals surface area contributed by atoms with Gasteiger partial charge in [-0.3, -0.25) is 4.79 Å². The van der Waals surface area contributed by atoms with E-state index in [0.717, 1.165) is 25.7 Å². The lowest BCUT2D eigenvalue weighted by Gasteiger charge is -2.44. The third-order valence-corrected chi connectivity index (χ3v) is 6.28. The minimum absolute atomic E-state index is 0. The van der Waals surface area contributed by atoms with Gasteiger partial charge in [0.25, 0.3) is 0 Å². The topological polar surface area (TPSA) is 86.3 Å². The predicted molar refractivity (Wildman–Crippen MR) is 109 cm³/mol. The molecule has 1 spiro atoms. The highest BCUT2D eigenvalue weighted by Crippen LogP contribution is 2.45. The first-order valence-electron chi connectivity index (χ1n) is 10.4. The van der Waals surface area contributed by atoms with Crippen LogP contribution in [-0.2, 0) is 23.7 Å². The van der Waals surface area contributed by atoms with Crippen LogP contribution in [0, 0.1) is 24.2 Å². The molecule has 2 amide bonds. The van der Waals surface area contributed by atoms with Crippen molar-refractivity contribution < 1.29 is 32.8 Å². The van der Waals surface area contributed by atoms with Gasteiger partial charge in [-0.1, -0.05) is 18.8 Å². The Hall–Kier alpha value is -1.82. The van der Waals surface area contributed by atoms with Crippen LogP contribution < -0.4 is 5.32 Å². The van der Waals surface area contributed by atoms with E-state index in [9.17, 15) is 9.59 Å². The summed E-state index contributed by atoms with van der Waals surface area (Å²) in [7, 11) is 0. The lowest BCUT2D eigenvalue weighted by Crippen LogP contribution is -2.64. The maximum Gasteiger partial charge on any atom is 0.408 e. The van der Waals surface area contributed by atoms with Crippen molar-refractivity contribution in [1.29, 1.82) is 0 Å². The van der Waals surface area contributed by atoms with Crippen LogP contribution in [0.2, 0.25) is 0 Å². The molecule has 4 atom stereocenters. The Morgan fingerprint density at radius 2 is 2.00 bits per heavy atom. The maximum absolute atomic E-state index is 13.7. The van der Waals surface area contributed by atoms with Crippen molar-refractivity contribution in [2.75, 3.05) is 19.9 Å². The SMILES string of the molecule is C#C[C@@H]1CN(C(=O)[C@@H](NC(=O)OC(C)(C)C)C2CCCC2)C2C1OCC21OCO1.[HH].[HH].[HH]. The van der Waals surface area contributed by atoms with Gasteiger partial charge in [0.05, 0.1) is 12.0 Å². The number of fused-ring (bicyclic) bond motifs is 2. The molecule has 1 aliphatic carbocycles. The zero-order valence-electron chi connectivity index (χ0n) is 17.3. The lowest BCUT2D eigenvalue weighted by molar-refractivity contribution is -0.404. The summed E-state index contributed by atoms with van der Waals surface area (Å²) >= 11 is 0. The number of likely N-dealkylation sites (tertiary alicyclic amines) is 1. The molecule has 4 aliphatic rings. The van der Waals surface area contributed by atoms with Gasteiger partial charge in [-0.05, 0) is 39.5 Å². The van der Waals surface area contributed by atoms with Crippen LogP contribution in [0.15, 0.2) is 0 Å². The normalized spacial score (nSPS) is 31.8. The first kappa shape index (κ1) is 20.5. The Morgan fingerprint density at radius 3 is 2.55 bits per heavy atom. The minimum atomic E-state index is -0.946. The first-order valence-corrected chi connectivity index (χ1v) is 10.4. The predicted octanol–water partition coefficient (Wildman–Crippen LogP) is 2.37. The van der Waals surface area contributed by atoms with Crippen molar-refractivity contribution in [3.63, 3.8) is 0 Å². The van der Waals surface area contributed by atoms with Crippen molar-refractivity contribution in [3.8, 4) is 12.3 Å². The van der Waals surface area contributed by atoms with Gasteiger partial charge in [-0.15, -0.1) is 6.42 Å². The number of terminal acetylenes is 1. The Labute approximate surface area is 176 Å². The highest BCUT2D eigenvalue weighted by Gasteiger charge is 2.65. The molecule has 8 heteroatoms. The molecule has 0 aromatic carbocycles. The van der Waals surface area contributed by atoms with E-state index in [0.29, 0.717) is 6.54 Å². The average Bonchev–Trinajstić information content (AvgIpc) is 3.32. The molecule has 3 saturated heterocycles. The van der Waals surface area contributed by atoms with Crippen molar-refractivity contribution in [2.24, 2.45) is 11.8 Å². The number of carbonyl (C=O) groups is 2. The van der Waals surface area contributed by atoms with Crippen molar-refractivity contribution >= 4 is 12.0 Å². The number of ether oxygens (including phenoxy) is 4. The number of alkyl carbamates (subject to hydrolysis) is 1. The molecule has 0 bridgehead atoms. The standard InChI is InChI=1S/C21H30N2O6.3H2/c1-5-13-10-23(17-16(13)26-11-21(17)27-12-28-21)18(24)15(14-8-6-7-9-14)22-19(25)29-20(2,3)4;;;/h1,13-17H,6-12H2,2-4H3,(H,22,25);3*1H/t13-,15+,16?,17?;;;/m1.../s1. The Bertz CT molecular complexity index is 715. The molecule has 1 saturated carbocycles. The minimum Gasteiger partial charge on any atom is -0.444 e. The Balaban J connectivity index is 0.00000171. The van der Waals surface area contributed by atoms with Gasteiger partial charge < -0.3 is 29.2 Å². The van der Waals surface area contributed by atoms with Gasteiger partial charge in [0, 0.05) is 10.8 Å². The smallest absolute Gasteiger partial charge is 0.408 e. The third kappa shape index (κ3) is 3.72. The number of hydrogen-bond donors (Lipinski definition) is 1. The van der Waals surface area contributed by atoms with E-state index in [1.165, 1.54) is 0 Å². The number of nitrogens with zero attached hydrogens (tertiary/aromatic N) is 1. The first-order chi connectivity index (χ1) is 13.7. The molecule has 1 N–H and O–H groups in total. The molecule has 29 heavy (non-hydrogen) atoms. The largest absolute Gasteiger partial charge is 0.444 e. The average molecular weight is 413 g/mol. The molecule has 0 aromatic rings. The molecule has 4 fully saturated rings. The van der Waals surface area contributed by atoms with E-state index >= 15 is 0 Å². The molecular formula is C21H36N2O6.